The van der Waals surface area contributed by atoms with Crippen LogP contribution in [0.1, 0.15) is 24.3 Å². The molecule has 0 atom stereocenters. The molecule has 3 aromatic rings. The third-order valence-corrected chi connectivity index (χ3v) is 3.75. The maximum absolute atomic E-state index is 12.7. The molecule has 3 amide bonds. The number of hydrogen-bond donors (Lipinski definition) is 4. The molecule has 0 fully saturated rings. The number of anilines is 2. The Kier molecular flexibility index (Phi) is 5.16. The molecule has 1 heterocycles. The van der Waals surface area contributed by atoms with Gasteiger partial charge in [0, 0.05) is 11.4 Å². The highest BCUT2D eigenvalue weighted by Gasteiger charge is 2.16. The highest BCUT2D eigenvalue weighted by Crippen LogP contribution is 2.22. The Labute approximate surface area is 155 Å². The molecule has 138 valence electrons. The van der Waals surface area contributed by atoms with E-state index in [0.717, 1.165) is 0 Å². The van der Waals surface area contributed by atoms with E-state index in [1.165, 1.54) is 0 Å². The number of rotatable bonds is 4. The summed E-state index contributed by atoms with van der Waals surface area (Å²) in [4.78, 5) is 36.6. The molecule has 0 unspecified atom stereocenters. The fourth-order valence-electron chi connectivity index (χ4n) is 2.59. The number of urea groups is 1. The molecule has 0 radical (unpaired) electrons. The summed E-state index contributed by atoms with van der Waals surface area (Å²) >= 11 is 0. The van der Waals surface area contributed by atoms with Crippen LogP contribution in [0.3, 0.4) is 0 Å². The lowest BCUT2D eigenvalue weighted by Gasteiger charge is -2.14. The lowest BCUT2D eigenvalue weighted by atomic mass is 10.1. The third-order valence-electron chi connectivity index (χ3n) is 3.75. The Bertz CT molecular complexity index is 1060. The van der Waals surface area contributed by atoms with Crippen LogP contribution in [-0.2, 0) is 0 Å². The molecular formula is C19H19N5O3. The third kappa shape index (κ3) is 4.12. The van der Waals surface area contributed by atoms with Gasteiger partial charge < -0.3 is 16.0 Å². The lowest BCUT2D eigenvalue weighted by Crippen LogP contribution is -2.34. The van der Waals surface area contributed by atoms with E-state index in [1.54, 1.807) is 48.5 Å². The van der Waals surface area contributed by atoms with Gasteiger partial charge in [-0.05, 0) is 32.0 Å². The number of nitrogens with zero attached hydrogens (tertiary/aromatic N) is 1. The van der Waals surface area contributed by atoms with Gasteiger partial charge in [-0.15, -0.1) is 0 Å². The molecular weight excluding hydrogens is 346 g/mol. The number of carbonyl (C=O) groups is 2. The van der Waals surface area contributed by atoms with Gasteiger partial charge in [-0.2, -0.15) is 5.10 Å². The molecule has 0 spiro atoms. The van der Waals surface area contributed by atoms with Gasteiger partial charge in [-0.3, -0.25) is 9.59 Å². The average molecular weight is 365 g/mol. The summed E-state index contributed by atoms with van der Waals surface area (Å²) in [6, 6.07) is 13.1. The maximum Gasteiger partial charge on any atom is 0.319 e. The monoisotopic (exact) mass is 365 g/mol. The normalized spacial score (nSPS) is 10.6. The Hall–Kier alpha value is -3.68. The minimum atomic E-state index is -0.499. The van der Waals surface area contributed by atoms with E-state index in [-0.39, 0.29) is 23.3 Å². The molecule has 0 aliphatic rings. The van der Waals surface area contributed by atoms with E-state index in [1.807, 2.05) is 13.8 Å². The van der Waals surface area contributed by atoms with Gasteiger partial charge in [0.05, 0.1) is 16.8 Å². The summed E-state index contributed by atoms with van der Waals surface area (Å²) in [5.74, 6) is -0.499. The molecule has 0 aliphatic carbocycles. The summed E-state index contributed by atoms with van der Waals surface area (Å²) in [6.07, 6.45) is 0. The van der Waals surface area contributed by atoms with Gasteiger partial charge in [0.2, 0.25) is 0 Å². The number of amides is 3. The molecule has 0 bridgehead atoms. The van der Waals surface area contributed by atoms with Gasteiger partial charge in [0.15, 0.2) is 5.69 Å². The van der Waals surface area contributed by atoms with Crippen LogP contribution in [-0.4, -0.2) is 28.2 Å². The van der Waals surface area contributed by atoms with Gasteiger partial charge in [0.1, 0.15) is 0 Å². The van der Waals surface area contributed by atoms with Crippen LogP contribution in [0.4, 0.5) is 16.2 Å². The molecule has 8 nitrogen and oxygen atoms in total. The van der Waals surface area contributed by atoms with E-state index in [4.69, 9.17) is 0 Å². The smallest absolute Gasteiger partial charge is 0.319 e. The number of aromatic nitrogens is 2. The Morgan fingerprint density at radius 2 is 1.52 bits per heavy atom. The molecule has 1 aromatic heterocycles. The minimum Gasteiger partial charge on any atom is -0.336 e. The van der Waals surface area contributed by atoms with Crippen molar-refractivity contribution in [2.45, 2.75) is 19.9 Å². The maximum atomic E-state index is 12.7. The number of aromatic amines is 1. The topological polar surface area (TPSA) is 116 Å². The van der Waals surface area contributed by atoms with Crippen molar-refractivity contribution in [1.82, 2.24) is 15.5 Å². The van der Waals surface area contributed by atoms with E-state index in [2.05, 4.69) is 26.1 Å². The van der Waals surface area contributed by atoms with Crippen molar-refractivity contribution in [2.24, 2.45) is 0 Å². The highest BCUT2D eigenvalue weighted by molar-refractivity contribution is 6.12. The molecule has 4 N–H and O–H groups in total. The molecule has 2 aromatic carbocycles. The van der Waals surface area contributed by atoms with Crippen LogP contribution >= 0.6 is 0 Å². The summed E-state index contributed by atoms with van der Waals surface area (Å²) in [6.45, 7) is 3.69. The van der Waals surface area contributed by atoms with Gasteiger partial charge in [0.25, 0.3) is 11.5 Å². The quantitative estimate of drug-likeness (QED) is 0.569. The Balaban J connectivity index is 1.89. The van der Waals surface area contributed by atoms with Gasteiger partial charge in [-0.25, -0.2) is 9.89 Å². The number of para-hydroxylation sites is 2. The van der Waals surface area contributed by atoms with Crippen LogP contribution < -0.4 is 21.5 Å². The fraction of sp³-hybridized carbons (Fsp3) is 0.158. The van der Waals surface area contributed by atoms with Crippen molar-refractivity contribution in [3.8, 4) is 0 Å². The van der Waals surface area contributed by atoms with Crippen LogP contribution in [0.15, 0.2) is 53.3 Å². The van der Waals surface area contributed by atoms with Crippen molar-refractivity contribution >= 4 is 34.1 Å². The SMILES string of the molecule is CC(C)NC(=O)Nc1ccccc1NC(=O)c1n[nH]c(=O)c2ccccc12. The average Bonchev–Trinajstić information content (AvgIpc) is 2.63. The van der Waals surface area contributed by atoms with Crippen LogP contribution in [0.2, 0.25) is 0 Å². The predicted molar refractivity (Wildman–Crippen MR) is 104 cm³/mol. The number of nitrogens with one attached hydrogen (secondary N) is 4. The number of carbonyl (C=O) groups excluding carboxylic acids is 2. The molecule has 27 heavy (non-hydrogen) atoms. The zero-order valence-corrected chi connectivity index (χ0v) is 14.9. The molecule has 0 saturated carbocycles. The molecule has 8 heteroatoms. The molecule has 0 aliphatic heterocycles. The van der Waals surface area contributed by atoms with Crippen LogP contribution in [0.25, 0.3) is 10.8 Å². The van der Waals surface area contributed by atoms with E-state index in [0.29, 0.717) is 22.1 Å². The summed E-state index contributed by atoms with van der Waals surface area (Å²) in [5.41, 5.74) is 0.581. The first kappa shape index (κ1) is 18.1. The van der Waals surface area contributed by atoms with E-state index >= 15 is 0 Å². The fourth-order valence-corrected chi connectivity index (χ4v) is 2.59. The van der Waals surface area contributed by atoms with Gasteiger partial charge in [-0.1, -0.05) is 30.3 Å². The van der Waals surface area contributed by atoms with Crippen molar-refractivity contribution < 1.29 is 9.59 Å². The lowest BCUT2D eigenvalue weighted by molar-refractivity contribution is 0.102. The first-order valence-corrected chi connectivity index (χ1v) is 8.41. The van der Waals surface area contributed by atoms with Crippen molar-refractivity contribution in [2.75, 3.05) is 10.6 Å². The Morgan fingerprint density at radius 1 is 0.926 bits per heavy atom. The number of benzene rings is 2. The Morgan fingerprint density at radius 3 is 2.19 bits per heavy atom. The summed E-state index contributed by atoms with van der Waals surface area (Å²) in [7, 11) is 0. The van der Waals surface area contributed by atoms with Crippen molar-refractivity contribution in [3.63, 3.8) is 0 Å². The zero-order valence-electron chi connectivity index (χ0n) is 14.9. The van der Waals surface area contributed by atoms with Crippen LogP contribution in [0.5, 0.6) is 0 Å². The largest absolute Gasteiger partial charge is 0.336 e. The summed E-state index contributed by atoms with van der Waals surface area (Å²) < 4.78 is 0. The number of fused-ring (bicyclic) bond motifs is 1. The highest BCUT2D eigenvalue weighted by atomic mass is 16.2. The van der Waals surface area contributed by atoms with Crippen LogP contribution in [0, 0.1) is 0 Å². The minimum absolute atomic E-state index is 0.0246. The molecule has 0 saturated heterocycles. The predicted octanol–water partition coefficient (Wildman–Crippen LogP) is 2.71. The number of H-pyrrole nitrogens is 1. The first-order chi connectivity index (χ1) is 13.0. The molecule has 3 rings (SSSR count). The standard InChI is InChI=1S/C19H19N5O3/c1-11(2)20-19(27)22-15-10-6-5-9-14(15)21-18(26)16-12-7-3-4-8-13(12)17(25)24-23-16/h3-11H,1-2H3,(H,21,26)(H,24,25)(H2,20,22,27). The summed E-state index contributed by atoms with van der Waals surface area (Å²) in [5, 5.41) is 15.2. The first-order valence-electron chi connectivity index (χ1n) is 8.41. The van der Waals surface area contributed by atoms with Gasteiger partial charge >= 0.3 is 6.03 Å². The van der Waals surface area contributed by atoms with Crippen molar-refractivity contribution in [3.05, 3.63) is 64.6 Å². The zero-order chi connectivity index (χ0) is 19.4. The second kappa shape index (κ2) is 7.69. The second-order valence-electron chi connectivity index (χ2n) is 6.20. The van der Waals surface area contributed by atoms with E-state index < -0.39 is 5.91 Å². The van der Waals surface area contributed by atoms with E-state index in [9.17, 15) is 14.4 Å². The number of hydrogen-bond acceptors (Lipinski definition) is 4. The second-order valence-corrected chi connectivity index (χ2v) is 6.20. The van der Waals surface area contributed by atoms with Crippen molar-refractivity contribution in [1.29, 1.82) is 0 Å².